The van der Waals surface area contributed by atoms with Crippen LogP contribution in [0.5, 0.6) is 0 Å². The van der Waals surface area contributed by atoms with E-state index >= 15 is 0 Å². The first-order valence-electron chi connectivity index (χ1n) is 9.58. The van der Waals surface area contributed by atoms with Crippen LogP contribution in [0.4, 0.5) is 17.6 Å². The maximum atomic E-state index is 6.31. The van der Waals surface area contributed by atoms with Crippen LogP contribution in [0.15, 0.2) is 30.3 Å². The molecule has 0 bridgehead atoms. The summed E-state index contributed by atoms with van der Waals surface area (Å²) < 4.78 is 0.855. The summed E-state index contributed by atoms with van der Waals surface area (Å²) in [6, 6.07) is 10.5. The van der Waals surface area contributed by atoms with E-state index in [9.17, 15) is 0 Å². The Morgan fingerprint density at radius 1 is 0.962 bits per heavy atom. The Kier molecular flexibility index (Phi) is 5.33. The van der Waals surface area contributed by atoms with E-state index in [4.69, 9.17) is 16.6 Å². The number of anilines is 2. The Balaban J connectivity index is 1.69. The fourth-order valence-corrected chi connectivity index (χ4v) is 4.51. The molecule has 3 heterocycles. The van der Waals surface area contributed by atoms with Gasteiger partial charge in [0.25, 0.3) is 0 Å². The van der Waals surface area contributed by atoms with Crippen molar-refractivity contribution in [1.82, 2.24) is 24.8 Å². The van der Waals surface area contributed by atoms with Crippen molar-refractivity contribution in [2.75, 3.05) is 31.5 Å². The summed E-state index contributed by atoms with van der Waals surface area (Å²) in [4.78, 5) is 13.7. The molecule has 2 saturated heterocycles. The topological polar surface area (TPSA) is 62.7 Å². The number of piperidine rings is 2. The van der Waals surface area contributed by atoms with Crippen molar-refractivity contribution < 1.29 is 0 Å². The van der Waals surface area contributed by atoms with Crippen molar-refractivity contribution in [3.63, 3.8) is 0 Å². The van der Waals surface area contributed by atoms with Gasteiger partial charge in [-0.15, -0.1) is 9.97 Å². The van der Waals surface area contributed by atoms with Crippen LogP contribution < -0.4 is 15.1 Å². The molecule has 0 saturated carbocycles. The molecule has 26 heavy (non-hydrogen) atoms. The number of nitrogens with zero attached hydrogens (tertiary/aromatic N) is 4. The molecular formula is C19H26ClN6+. The minimum absolute atomic E-state index is 0.269. The molecule has 0 aliphatic carbocycles. The zero-order valence-corrected chi connectivity index (χ0v) is 15.8. The van der Waals surface area contributed by atoms with Gasteiger partial charge >= 0.3 is 5.95 Å². The fraction of sp³-hybridized carbons (Fsp3) is 0.526. The summed E-state index contributed by atoms with van der Waals surface area (Å²) in [6.07, 6.45) is 6.04. The molecule has 2 aliphatic heterocycles. The van der Waals surface area contributed by atoms with Crippen molar-refractivity contribution in [3.05, 3.63) is 35.6 Å². The molecule has 0 radical (unpaired) electrons. The normalized spacial score (nSPS) is 20.7. The molecule has 0 atom stereocenters. The molecule has 6 nitrogen and oxygen atoms in total. The van der Waals surface area contributed by atoms with Crippen molar-refractivity contribution in [3.8, 4) is 0 Å². The van der Waals surface area contributed by atoms with Crippen LogP contribution in [0.25, 0.3) is 0 Å². The zero-order valence-electron chi connectivity index (χ0n) is 15.0. The summed E-state index contributed by atoms with van der Waals surface area (Å²) in [5, 5.41) is 7.02. The minimum atomic E-state index is 0.269. The van der Waals surface area contributed by atoms with Crippen LogP contribution in [-0.4, -0.2) is 47.2 Å². The molecule has 4 rings (SSSR count). The quantitative estimate of drug-likeness (QED) is 0.803. The van der Waals surface area contributed by atoms with Gasteiger partial charge in [-0.1, -0.05) is 18.2 Å². The smallest absolute Gasteiger partial charge is 0.324 e. The molecule has 138 valence electrons. The number of halogens is 1. The van der Waals surface area contributed by atoms with Gasteiger partial charge in [-0.2, -0.15) is 4.98 Å². The number of benzene rings is 1. The van der Waals surface area contributed by atoms with Crippen molar-refractivity contribution in [2.45, 2.75) is 38.1 Å². The second-order valence-electron chi connectivity index (χ2n) is 7.24. The van der Waals surface area contributed by atoms with Crippen molar-refractivity contribution >= 4 is 29.2 Å². The highest BCUT2D eigenvalue weighted by Crippen LogP contribution is 2.33. The van der Waals surface area contributed by atoms with E-state index in [1.807, 2.05) is 30.3 Å². The van der Waals surface area contributed by atoms with Gasteiger partial charge in [0.1, 0.15) is 0 Å². The Morgan fingerprint density at radius 2 is 1.69 bits per heavy atom. The Hall–Kier alpha value is -1.76. The lowest BCUT2D eigenvalue weighted by molar-refractivity contribution is 0.130. The zero-order chi connectivity index (χ0) is 17.8. The number of hydrogen-bond acceptors (Lipinski definition) is 5. The van der Waals surface area contributed by atoms with Gasteiger partial charge in [-0.25, -0.2) is 0 Å². The number of hydrogen-bond donors (Lipinski definition) is 2. The SMILES string of the molecule is Clc1nc(Nc2ccccc2)nc([N+]2(C3CCNCC3)CCCCC2)n1. The minimum Gasteiger partial charge on any atom is -0.324 e. The molecule has 0 amide bonds. The molecule has 2 N–H and O–H groups in total. The van der Waals surface area contributed by atoms with E-state index in [0.717, 1.165) is 55.1 Å². The maximum Gasteiger partial charge on any atom is 0.335 e. The molecule has 1 aromatic carbocycles. The first-order valence-corrected chi connectivity index (χ1v) is 9.96. The number of aromatic nitrogens is 3. The molecule has 2 aromatic rings. The standard InChI is InChI=1S/C19H26ClN6/c20-17-23-18(22-15-7-3-1-4-8-15)25-19(24-17)26(13-5-2-6-14-26)16-9-11-21-12-10-16/h1,3-4,7-8,16,21H,2,5-6,9-14H2,(H,22,23,24,25)/q+1. The van der Waals surface area contributed by atoms with E-state index in [-0.39, 0.29) is 5.28 Å². The predicted molar refractivity (Wildman–Crippen MR) is 106 cm³/mol. The first kappa shape index (κ1) is 17.6. The molecular weight excluding hydrogens is 348 g/mol. The second kappa shape index (κ2) is 7.86. The third kappa shape index (κ3) is 3.68. The van der Waals surface area contributed by atoms with Gasteiger partial charge in [0.15, 0.2) is 0 Å². The van der Waals surface area contributed by atoms with Crippen LogP contribution in [-0.2, 0) is 0 Å². The summed E-state index contributed by atoms with van der Waals surface area (Å²) in [5.74, 6) is 1.36. The number of rotatable bonds is 4. The van der Waals surface area contributed by atoms with Crippen LogP contribution in [0, 0.1) is 0 Å². The van der Waals surface area contributed by atoms with E-state index in [2.05, 4.69) is 20.6 Å². The molecule has 0 unspecified atom stereocenters. The number of likely N-dealkylation sites (tertiary alicyclic amines) is 1. The summed E-state index contributed by atoms with van der Waals surface area (Å²) in [7, 11) is 0. The lowest BCUT2D eigenvalue weighted by atomic mass is 9.97. The van der Waals surface area contributed by atoms with Gasteiger partial charge in [0.05, 0.1) is 19.1 Å². The van der Waals surface area contributed by atoms with Gasteiger partial charge < -0.3 is 10.6 Å². The van der Waals surface area contributed by atoms with E-state index in [1.54, 1.807) is 0 Å². The highest BCUT2D eigenvalue weighted by Gasteiger charge is 2.43. The second-order valence-corrected chi connectivity index (χ2v) is 7.58. The molecule has 2 aliphatic rings. The Bertz CT molecular complexity index is 726. The largest absolute Gasteiger partial charge is 0.335 e. The predicted octanol–water partition coefficient (Wildman–Crippen LogP) is 3.51. The summed E-state index contributed by atoms with van der Waals surface area (Å²) in [6.45, 7) is 4.32. The average Bonchev–Trinajstić information content (AvgIpc) is 2.69. The maximum absolute atomic E-state index is 6.31. The fourth-order valence-electron chi connectivity index (χ4n) is 4.35. The van der Waals surface area contributed by atoms with Gasteiger partial charge in [0, 0.05) is 31.6 Å². The first-order chi connectivity index (χ1) is 12.8. The van der Waals surface area contributed by atoms with Crippen molar-refractivity contribution in [1.29, 1.82) is 0 Å². The highest BCUT2D eigenvalue weighted by molar-refractivity contribution is 6.28. The molecule has 2 fully saturated rings. The summed E-state index contributed by atoms with van der Waals surface area (Å²) in [5.41, 5.74) is 0.952. The van der Waals surface area contributed by atoms with Crippen molar-refractivity contribution in [2.24, 2.45) is 0 Å². The molecule has 0 spiro atoms. The van der Waals surface area contributed by atoms with Gasteiger partial charge in [-0.3, -0.25) is 4.48 Å². The Morgan fingerprint density at radius 3 is 2.42 bits per heavy atom. The van der Waals surface area contributed by atoms with Gasteiger partial charge in [-0.05, 0) is 43.0 Å². The average molecular weight is 374 g/mol. The number of nitrogens with one attached hydrogen (secondary N) is 2. The molecule has 7 heteroatoms. The monoisotopic (exact) mass is 373 g/mol. The third-order valence-corrected chi connectivity index (χ3v) is 5.82. The molecule has 1 aromatic heterocycles. The van der Waals surface area contributed by atoms with E-state index in [0.29, 0.717) is 12.0 Å². The third-order valence-electron chi connectivity index (χ3n) is 5.65. The van der Waals surface area contributed by atoms with Crippen LogP contribution in [0.3, 0.4) is 0 Å². The number of para-hydroxylation sites is 1. The highest BCUT2D eigenvalue weighted by atomic mass is 35.5. The van der Waals surface area contributed by atoms with Crippen LogP contribution in [0.2, 0.25) is 5.28 Å². The number of quaternary nitrogens is 1. The van der Waals surface area contributed by atoms with Gasteiger partial charge in [0.2, 0.25) is 11.2 Å². The summed E-state index contributed by atoms with van der Waals surface area (Å²) >= 11 is 6.31. The lowest BCUT2D eigenvalue weighted by Gasteiger charge is -2.46. The van der Waals surface area contributed by atoms with Crippen LogP contribution >= 0.6 is 11.6 Å². The van der Waals surface area contributed by atoms with E-state index in [1.165, 1.54) is 19.3 Å². The van der Waals surface area contributed by atoms with E-state index < -0.39 is 0 Å². The Labute approximate surface area is 159 Å². The lowest BCUT2D eigenvalue weighted by Crippen LogP contribution is -2.62. The van der Waals surface area contributed by atoms with Crippen LogP contribution in [0.1, 0.15) is 32.1 Å².